The van der Waals surface area contributed by atoms with Crippen LogP contribution in [0.3, 0.4) is 0 Å². The van der Waals surface area contributed by atoms with Crippen LogP contribution in [0.1, 0.15) is 25.0 Å². The summed E-state index contributed by atoms with van der Waals surface area (Å²) >= 11 is 0. The summed E-state index contributed by atoms with van der Waals surface area (Å²) in [4.78, 5) is 10.4. The van der Waals surface area contributed by atoms with Crippen LogP contribution in [0.5, 0.6) is 0 Å². The fourth-order valence-electron chi connectivity index (χ4n) is 8.43. The highest BCUT2D eigenvalue weighted by Gasteiger charge is 2.36. The lowest BCUT2D eigenvalue weighted by Gasteiger charge is -2.21. The highest BCUT2D eigenvalue weighted by molar-refractivity contribution is 6.06. The summed E-state index contributed by atoms with van der Waals surface area (Å²) < 4.78 is 0. The molecule has 10 rings (SSSR count). The number of aromatic nitrogens is 2. The molecule has 0 saturated heterocycles. The van der Waals surface area contributed by atoms with Gasteiger partial charge in [-0.05, 0) is 84.3 Å². The Balaban J connectivity index is 1.11. The molecule has 1 aromatic heterocycles. The lowest BCUT2D eigenvalue weighted by molar-refractivity contribution is 0.660. The zero-order valence-corrected chi connectivity index (χ0v) is 29.7. The largest absolute Gasteiger partial charge is 0.228 e. The molecule has 0 saturated carbocycles. The van der Waals surface area contributed by atoms with Gasteiger partial charge >= 0.3 is 0 Å². The smallest absolute Gasteiger partial charge is 0.160 e. The Kier molecular flexibility index (Phi) is 7.19. The predicted molar refractivity (Wildman–Crippen MR) is 222 cm³/mol. The SMILES string of the molecule is CC1(C)c2ccccc2-c2c(-c3ccc4cc(-c5cc(-c6cccc7cccc(-c8ccccc8)c67)nc(-c6ccccc6)n5)ccc4c3)cccc21. The van der Waals surface area contributed by atoms with Crippen molar-refractivity contribution in [1.29, 1.82) is 0 Å². The molecule has 8 aromatic carbocycles. The van der Waals surface area contributed by atoms with Gasteiger partial charge in [-0.15, -0.1) is 0 Å². The zero-order valence-electron chi connectivity index (χ0n) is 29.7. The summed E-state index contributed by atoms with van der Waals surface area (Å²) in [6.45, 7) is 4.68. The molecule has 0 aliphatic heterocycles. The van der Waals surface area contributed by atoms with Gasteiger partial charge in [0.15, 0.2) is 5.82 Å². The second kappa shape index (κ2) is 12.3. The number of fused-ring (bicyclic) bond motifs is 5. The van der Waals surface area contributed by atoms with Crippen molar-refractivity contribution in [3.8, 4) is 67.3 Å². The first kappa shape index (κ1) is 31.1. The van der Waals surface area contributed by atoms with Gasteiger partial charge in [-0.1, -0.05) is 178 Å². The topological polar surface area (TPSA) is 25.8 Å². The predicted octanol–water partition coefficient (Wildman–Crippen LogP) is 13.4. The molecule has 2 heteroatoms. The van der Waals surface area contributed by atoms with Gasteiger partial charge in [0.05, 0.1) is 11.4 Å². The highest BCUT2D eigenvalue weighted by atomic mass is 14.9. The first-order valence-electron chi connectivity index (χ1n) is 18.3. The third-order valence-corrected chi connectivity index (χ3v) is 11.1. The Morgan fingerprint density at radius 3 is 1.70 bits per heavy atom. The Bertz CT molecular complexity index is 2850. The molecule has 1 aliphatic rings. The molecule has 250 valence electrons. The number of hydrogen-bond acceptors (Lipinski definition) is 2. The summed E-state index contributed by atoms with van der Waals surface area (Å²) in [6.07, 6.45) is 0. The number of rotatable bonds is 5. The second-order valence-electron chi connectivity index (χ2n) is 14.6. The van der Waals surface area contributed by atoms with Crippen LogP contribution in [0.25, 0.3) is 88.8 Å². The lowest BCUT2D eigenvalue weighted by Crippen LogP contribution is -2.14. The Morgan fingerprint density at radius 2 is 0.925 bits per heavy atom. The van der Waals surface area contributed by atoms with Gasteiger partial charge in [0.25, 0.3) is 0 Å². The standard InChI is InChI=1S/C51H36N2/c1-51(2)44-24-10-9-20-42(44)49-41(22-13-25-45(49)51)38-28-26-37-31-39(29-27-36(37)30-38)46-32-47(53-50(52-46)35-16-7-4-8-17-35)43-23-12-19-34-18-11-21-40(48(34)43)33-14-5-3-6-15-33/h3-32H,1-2H3. The molecular weight excluding hydrogens is 641 g/mol. The van der Waals surface area contributed by atoms with Crippen molar-refractivity contribution in [2.75, 3.05) is 0 Å². The molecule has 0 N–H and O–H groups in total. The molecule has 0 bridgehead atoms. The van der Waals surface area contributed by atoms with Gasteiger partial charge < -0.3 is 0 Å². The maximum Gasteiger partial charge on any atom is 0.160 e. The van der Waals surface area contributed by atoms with Crippen LogP contribution in [0.2, 0.25) is 0 Å². The summed E-state index contributed by atoms with van der Waals surface area (Å²) in [7, 11) is 0. The third-order valence-electron chi connectivity index (χ3n) is 11.1. The first-order chi connectivity index (χ1) is 26.0. The molecule has 0 fully saturated rings. The second-order valence-corrected chi connectivity index (χ2v) is 14.6. The van der Waals surface area contributed by atoms with Gasteiger partial charge in [0, 0.05) is 22.1 Å². The van der Waals surface area contributed by atoms with Gasteiger partial charge in [-0.2, -0.15) is 0 Å². The quantitative estimate of drug-likeness (QED) is 0.181. The van der Waals surface area contributed by atoms with Gasteiger partial charge in [-0.25, -0.2) is 9.97 Å². The highest BCUT2D eigenvalue weighted by Crippen LogP contribution is 2.52. The van der Waals surface area contributed by atoms with E-state index in [0.29, 0.717) is 5.82 Å². The van der Waals surface area contributed by atoms with Crippen molar-refractivity contribution in [2.45, 2.75) is 19.3 Å². The Labute approximate surface area is 310 Å². The zero-order chi connectivity index (χ0) is 35.5. The van der Waals surface area contributed by atoms with Crippen molar-refractivity contribution in [3.63, 3.8) is 0 Å². The minimum Gasteiger partial charge on any atom is -0.228 e. The van der Waals surface area contributed by atoms with Gasteiger partial charge in [-0.3, -0.25) is 0 Å². The Hall–Kier alpha value is -6.64. The summed E-state index contributed by atoms with van der Waals surface area (Å²) in [5, 5.41) is 4.75. The van der Waals surface area contributed by atoms with Crippen LogP contribution < -0.4 is 0 Å². The first-order valence-corrected chi connectivity index (χ1v) is 18.3. The van der Waals surface area contributed by atoms with Crippen molar-refractivity contribution in [1.82, 2.24) is 9.97 Å². The summed E-state index contributed by atoms with van der Waals surface area (Å²) in [6, 6.07) is 65.4. The molecule has 2 nitrogen and oxygen atoms in total. The van der Waals surface area contributed by atoms with E-state index in [4.69, 9.17) is 9.97 Å². The van der Waals surface area contributed by atoms with E-state index in [1.54, 1.807) is 0 Å². The van der Waals surface area contributed by atoms with E-state index >= 15 is 0 Å². The molecule has 9 aromatic rings. The molecule has 0 unspecified atom stereocenters. The lowest BCUT2D eigenvalue weighted by atomic mass is 9.82. The monoisotopic (exact) mass is 676 g/mol. The molecule has 0 spiro atoms. The van der Waals surface area contributed by atoms with Crippen LogP contribution >= 0.6 is 0 Å². The van der Waals surface area contributed by atoms with E-state index in [9.17, 15) is 0 Å². The molecule has 53 heavy (non-hydrogen) atoms. The van der Waals surface area contributed by atoms with E-state index in [2.05, 4.69) is 178 Å². The number of benzene rings is 8. The fraction of sp³-hybridized carbons (Fsp3) is 0.0588. The molecule has 0 amide bonds. The van der Waals surface area contributed by atoms with Crippen LogP contribution in [0.15, 0.2) is 182 Å². The summed E-state index contributed by atoms with van der Waals surface area (Å²) in [5.74, 6) is 0.712. The van der Waals surface area contributed by atoms with Gasteiger partial charge in [0.1, 0.15) is 0 Å². The van der Waals surface area contributed by atoms with E-state index in [1.165, 1.54) is 66.1 Å². The number of hydrogen-bond donors (Lipinski definition) is 0. The van der Waals surface area contributed by atoms with Crippen molar-refractivity contribution < 1.29 is 0 Å². The van der Waals surface area contributed by atoms with Crippen LogP contribution in [-0.4, -0.2) is 9.97 Å². The van der Waals surface area contributed by atoms with Gasteiger partial charge in [0.2, 0.25) is 0 Å². The molecule has 1 aliphatic carbocycles. The minimum absolute atomic E-state index is 0.0299. The van der Waals surface area contributed by atoms with Crippen LogP contribution in [-0.2, 0) is 5.41 Å². The minimum atomic E-state index is -0.0299. The molecule has 0 atom stereocenters. The van der Waals surface area contributed by atoms with E-state index < -0.39 is 0 Å². The molecule has 0 radical (unpaired) electrons. The van der Waals surface area contributed by atoms with E-state index in [1.807, 2.05) is 18.2 Å². The summed E-state index contributed by atoms with van der Waals surface area (Å²) in [5.41, 5.74) is 15.3. The molecular formula is C51H36N2. The van der Waals surface area contributed by atoms with E-state index in [-0.39, 0.29) is 5.41 Å². The normalized spacial score (nSPS) is 12.9. The van der Waals surface area contributed by atoms with Crippen LogP contribution in [0, 0.1) is 0 Å². The van der Waals surface area contributed by atoms with Crippen molar-refractivity contribution >= 4 is 21.5 Å². The van der Waals surface area contributed by atoms with E-state index in [0.717, 1.165) is 28.1 Å². The molecule has 1 heterocycles. The van der Waals surface area contributed by atoms with Crippen molar-refractivity contribution in [2.24, 2.45) is 0 Å². The average molecular weight is 677 g/mol. The van der Waals surface area contributed by atoms with Crippen LogP contribution in [0.4, 0.5) is 0 Å². The fourth-order valence-corrected chi connectivity index (χ4v) is 8.43. The Morgan fingerprint density at radius 1 is 0.358 bits per heavy atom. The maximum absolute atomic E-state index is 5.24. The number of nitrogens with zero attached hydrogens (tertiary/aromatic N) is 2. The maximum atomic E-state index is 5.24. The average Bonchev–Trinajstić information content (AvgIpc) is 3.46. The third kappa shape index (κ3) is 5.18. The van der Waals surface area contributed by atoms with Crippen molar-refractivity contribution in [3.05, 3.63) is 193 Å².